The van der Waals surface area contributed by atoms with Crippen LogP contribution in [0, 0.1) is 0 Å². The molecule has 0 saturated carbocycles. The van der Waals surface area contributed by atoms with Crippen LogP contribution < -0.4 is 4.74 Å². The van der Waals surface area contributed by atoms with Gasteiger partial charge in [0.1, 0.15) is 11.5 Å². The summed E-state index contributed by atoms with van der Waals surface area (Å²) in [5, 5.41) is 0. The van der Waals surface area contributed by atoms with Crippen molar-refractivity contribution >= 4 is 0 Å². The lowest BCUT2D eigenvalue weighted by Gasteiger charge is -2.09. The molecule has 2 aromatic rings. The normalized spacial score (nSPS) is 10.7. The molecule has 0 aliphatic carbocycles. The van der Waals surface area contributed by atoms with E-state index in [1.54, 1.807) is 0 Å². The highest BCUT2D eigenvalue weighted by atomic mass is 16.5. The lowest BCUT2D eigenvalue weighted by Crippen LogP contribution is -1.89. The van der Waals surface area contributed by atoms with Crippen molar-refractivity contribution in [3.05, 3.63) is 59.7 Å². The van der Waals surface area contributed by atoms with E-state index in [-0.39, 0.29) is 0 Å². The Bertz CT molecular complexity index is 494. The highest BCUT2D eigenvalue weighted by molar-refractivity contribution is 5.35. The third-order valence-corrected chi connectivity index (χ3v) is 3.24. The molecule has 0 aromatic heterocycles. The summed E-state index contributed by atoms with van der Waals surface area (Å²) in [5.41, 5.74) is 2.70. The van der Waals surface area contributed by atoms with Crippen molar-refractivity contribution in [2.45, 2.75) is 39.5 Å². The van der Waals surface area contributed by atoms with Gasteiger partial charge in [0.15, 0.2) is 0 Å². The first-order valence-corrected chi connectivity index (χ1v) is 7.06. The van der Waals surface area contributed by atoms with E-state index in [1.165, 1.54) is 17.5 Å². The predicted octanol–water partition coefficient (Wildman–Crippen LogP) is 5.55. The second-order valence-corrected chi connectivity index (χ2v) is 5.22. The summed E-state index contributed by atoms with van der Waals surface area (Å²) in [6, 6.07) is 16.7. The molecule has 0 radical (unpaired) electrons. The highest BCUT2D eigenvalue weighted by Gasteiger charge is 2.01. The van der Waals surface area contributed by atoms with Crippen molar-refractivity contribution < 1.29 is 4.74 Å². The van der Waals surface area contributed by atoms with E-state index < -0.39 is 0 Å². The van der Waals surface area contributed by atoms with Gasteiger partial charge >= 0.3 is 0 Å². The van der Waals surface area contributed by atoms with Gasteiger partial charge in [-0.25, -0.2) is 0 Å². The highest BCUT2D eigenvalue weighted by Crippen LogP contribution is 2.24. The van der Waals surface area contributed by atoms with Crippen LogP contribution in [0.1, 0.15) is 44.2 Å². The van der Waals surface area contributed by atoms with Crippen molar-refractivity contribution in [1.82, 2.24) is 0 Å². The van der Waals surface area contributed by atoms with Gasteiger partial charge in [-0.15, -0.1) is 0 Å². The van der Waals surface area contributed by atoms with Gasteiger partial charge < -0.3 is 4.74 Å². The molecule has 1 heteroatoms. The minimum atomic E-state index is 0.558. The summed E-state index contributed by atoms with van der Waals surface area (Å²) >= 11 is 0. The van der Waals surface area contributed by atoms with Crippen LogP contribution in [-0.2, 0) is 6.42 Å². The van der Waals surface area contributed by atoms with Gasteiger partial charge in [0, 0.05) is 0 Å². The van der Waals surface area contributed by atoms with Crippen molar-refractivity contribution in [1.29, 1.82) is 0 Å². The van der Waals surface area contributed by atoms with Crippen molar-refractivity contribution in [3.8, 4) is 11.5 Å². The Balaban J connectivity index is 2.04. The molecule has 0 amide bonds. The van der Waals surface area contributed by atoms with Gasteiger partial charge in [-0.3, -0.25) is 0 Å². The Labute approximate surface area is 116 Å². The Morgan fingerprint density at radius 3 is 1.84 bits per heavy atom. The molecule has 0 spiro atoms. The van der Waals surface area contributed by atoms with E-state index >= 15 is 0 Å². The van der Waals surface area contributed by atoms with Gasteiger partial charge in [0.05, 0.1) is 0 Å². The van der Waals surface area contributed by atoms with Gasteiger partial charge in [-0.05, 0) is 47.7 Å². The van der Waals surface area contributed by atoms with Gasteiger partial charge in [-0.2, -0.15) is 0 Å². The third-order valence-electron chi connectivity index (χ3n) is 3.24. The molecule has 0 aliphatic heterocycles. The van der Waals surface area contributed by atoms with E-state index in [0.717, 1.165) is 17.9 Å². The van der Waals surface area contributed by atoms with Crippen LogP contribution in [0.15, 0.2) is 48.5 Å². The van der Waals surface area contributed by atoms with E-state index in [4.69, 9.17) is 4.74 Å². The maximum Gasteiger partial charge on any atom is 0.127 e. The SMILES string of the molecule is CCCc1ccc(Oc2ccc(C(C)C)cc2)cc1. The summed E-state index contributed by atoms with van der Waals surface area (Å²) in [7, 11) is 0. The molecule has 100 valence electrons. The molecule has 0 N–H and O–H groups in total. The fraction of sp³-hybridized carbons (Fsp3) is 0.333. The van der Waals surface area contributed by atoms with Crippen molar-refractivity contribution in [2.75, 3.05) is 0 Å². The average Bonchev–Trinajstić information content (AvgIpc) is 2.42. The molecule has 2 aromatic carbocycles. The predicted molar refractivity (Wildman–Crippen MR) is 81.0 cm³/mol. The molecule has 1 nitrogen and oxygen atoms in total. The van der Waals surface area contributed by atoms with Crippen LogP contribution >= 0.6 is 0 Å². The van der Waals surface area contributed by atoms with Gasteiger partial charge in [0.2, 0.25) is 0 Å². The van der Waals surface area contributed by atoms with Crippen LogP contribution in [0.4, 0.5) is 0 Å². The molecule has 0 unspecified atom stereocenters. The molecule has 0 bridgehead atoms. The zero-order valence-corrected chi connectivity index (χ0v) is 12.0. The summed E-state index contributed by atoms with van der Waals surface area (Å²) < 4.78 is 5.85. The number of aryl methyl sites for hydroxylation is 1. The summed E-state index contributed by atoms with van der Waals surface area (Å²) in [5.74, 6) is 2.35. The van der Waals surface area contributed by atoms with Crippen LogP contribution in [0.2, 0.25) is 0 Å². The smallest absolute Gasteiger partial charge is 0.127 e. The molecule has 0 saturated heterocycles. The molecule has 19 heavy (non-hydrogen) atoms. The quantitative estimate of drug-likeness (QED) is 0.679. The van der Waals surface area contributed by atoms with Crippen molar-refractivity contribution in [2.24, 2.45) is 0 Å². The van der Waals surface area contributed by atoms with Crippen LogP contribution in [-0.4, -0.2) is 0 Å². The monoisotopic (exact) mass is 254 g/mol. The first-order chi connectivity index (χ1) is 9.19. The Kier molecular flexibility index (Phi) is 4.62. The first kappa shape index (κ1) is 13.7. The van der Waals surface area contributed by atoms with Crippen LogP contribution in [0.3, 0.4) is 0 Å². The minimum Gasteiger partial charge on any atom is -0.457 e. The zero-order chi connectivity index (χ0) is 13.7. The molecular weight excluding hydrogens is 232 g/mol. The standard InChI is InChI=1S/C18H22O/c1-4-5-15-6-10-17(11-7-15)19-18-12-8-16(9-13-18)14(2)3/h6-14H,4-5H2,1-3H3. The number of ether oxygens (including phenoxy) is 1. The summed E-state index contributed by atoms with van der Waals surface area (Å²) in [4.78, 5) is 0. The third kappa shape index (κ3) is 3.85. The van der Waals surface area contributed by atoms with Crippen molar-refractivity contribution in [3.63, 3.8) is 0 Å². The molecule has 0 heterocycles. The maximum atomic E-state index is 5.85. The molecule has 0 aliphatic rings. The average molecular weight is 254 g/mol. The first-order valence-electron chi connectivity index (χ1n) is 7.06. The summed E-state index contributed by atoms with van der Waals surface area (Å²) in [6.45, 7) is 6.59. The lowest BCUT2D eigenvalue weighted by atomic mass is 10.0. The van der Waals surface area contributed by atoms with E-state index in [2.05, 4.69) is 45.0 Å². The van der Waals surface area contributed by atoms with Crippen LogP contribution in [0.5, 0.6) is 11.5 Å². The van der Waals surface area contributed by atoms with E-state index in [9.17, 15) is 0 Å². The maximum absolute atomic E-state index is 5.85. The fourth-order valence-electron chi connectivity index (χ4n) is 2.07. The lowest BCUT2D eigenvalue weighted by molar-refractivity contribution is 0.482. The number of benzene rings is 2. The Morgan fingerprint density at radius 2 is 1.37 bits per heavy atom. The number of hydrogen-bond donors (Lipinski definition) is 0. The Hall–Kier alpha value is -1.76. The minimum absolute atomic E-state index is 0.558. The second kappa shape index (κ2) is 6.42. The van der Waals surface area contributed by atoms with Gasteiger partial charge in [-0.1, -0.05) is 51.5 Å². The topological polar surface area (TPSA) is 9.23 Å². The van der Waals surface area contributed by atoms with E-state index in [1.807, 2.05) is 24.3 Å². The van der Waals surface area contributed by atoms with E-state index in [0.29, 0.717) is 5.92 Å². The summed E-state index contributed by atoms with van der Waals surface area (Å²) in [6.07, 6.45) is 2.31. The second-order valence-electron chi connectivity index (χ2n) is 5.22. The molecule has 0 atom stereocenters. The zero-order valence-electron chi connectivity index (χ0n) is 12.0. The Morgan fingerprint density at radius 1 is 0.842 bits per heavy atom. The van der Waals surface area contributed by atoms with Gasteiger partial charge in [0.25, 0.3) is 0 Å². The number of rotatable bonds is 5. The molecular formula is C18H22O. The molecule has 2 rings (SSSR count). The van der Waals surface area contributed by atoms with Crippen LogP contribution in [0.25, 0.3) is 0 Å². The largest absolute Gasteiger partial charge is 0.457 e. The molecule has 0 fully saturated rings. The fourth-order valence-corrected chi connectivity index (χ4v) is 2.07. The number of hydrogen-bond acceptors (Lipinski definition) is 1.